The van der Waals surface area contributed by atoms with Gasteiger partial charge in [0.1, 0.15) is 0 Å². The lowest BCUT2D eigenvalue weighted by atomic mass is 9.71. The highest BCUT2D eigenvalue weighted by Gasteiger charge is 2.36. The Kier molecular flexibility index (Phi) is 5.22. The first-order valence-electron chi connectivity index (χ1n) is 7.78. The van der Waals surface area contributed by atoms with Crippen LogP contribution in [0.5, 0.6) is 0 Å². The summed E-state index contributed by atoms with van der Waals surface area (Å²) in [6.07, 6.45) is 7.61. The molecule has 2 N–H and O–H groups in total. The third-order valence-electron chi connectivity index (χ3n) is 4.89. The summed E-state index contributed by atoms with van der Waals surface area (Å²) in [7, 11) is 0. The summed E-state index contributed by atoms with van der Waals surface area (Å²) in [6, 6.07) is 0.264. The van der Waals surface area contributed by atoms with Gasteiger partial charge in [-0.15, -0.1) is 0 Å². The Morgan fingerprint density at radius 2 is 2.11 bits per heavy atom. The topological polar surface area (TPSA) is 55.6 Å². The number of nitrogens with zero attached hydrogens (tertiary/aromatic N) is 1. The van der Waals surface area contributed by atoms with E-state index < -0.39 is 0 Å². The van der Waals surface area contributed by atoms with E-state index in [1.807, 2.05) is 4.90 Å². The van der Waals surface area contributed by atoms with Crippen LogP contribution in [0.15, 0.2) is 0 Å². The molecule has 2 rings (SSSR count). The monoisotopic (exact) mass is 268 g/mol. The van der Waals surface area contributed by atoms with Crippen molar-refractivity contribution in [3.8, 4) is 0 Å². The molecular weight excluding hydrogens is 240 g/mol. The maximum atomic E-state index is 12.6. The number of rotatable bonds is 4. The van der Waals surface area contributed by atoms with E-state index in [2.05, 4.69) is 6.92 Å². The summed E-state index contributed by atoms with van der Waals surface area (Å²) < 4.78 is 5.48. The van der Waals surface area contributed by atoms with Gasteiger partial charge in [0, 0.05) is 13.0 Å². The Morgan fingerprint density at radius 3 is 2.74 bits per heavy atom. The van der Waals surface area contributed by atoms with Gasteiger partial charge in [0.15, 0.2) is 0 Å². The van der Waals surface area contributed by atoms with E-state index in [9.17, 15) is 4.79 Å². The molecule has 110 valence electrons. The van der Waals surface area contributed by atoms with Gasteiger partial charge in [0.25, 0.3) is 0 Å². The molecule has 1 aliphatic heterocycles. The molecule has 1 saturated heterocycles. The lowest BCUT2D eigenvalue weighted by Gasteiger charge is -2.40. The molecule has 2 fully saturated rings. The molecule has 1 aliphatic carbocycles. The number of morpholine rings is 1. The molecule has 19 heavy (non-hydrogen) atoms. The Labute approximate surface area is 116 Å². The lowest BCUT2D eigenvalue weighted by molar-refractivity contribution is -0.143. The van der Waals surface area contributed by atoms with Crippen LogP contribution in [0.3, 0.4) is 0 Å². The van der Waals surface area contributed by atoms with Gasteiger partial charge in [-0.1, -0.05) is 26.2 Å². The molecule has 0 bridgehead atoms. The highest BCUT2D eigenvalue weighted by molar-refractivity contribution is 5.77. The number of carbonyl (C=O) groups excluding carboxylic acids is 1. The first-order valence-corrected chi connectivity index (χ1v) is 7.78. The third-order valence-corrected chi connectivity index (χ3v) is 4.89. The molecule has 0 spiro atoms. The van der Waals surface area contributed by atoms with E-state index >= 15 is 0 Å². The molecule has 1 heterocycles. The van der Waals surface area contributed by atoms with Crippen molar-refractivity contribution in [3.05, 3.63) is 0 Å². The zero-order valence-corrected chi connectivity index (χ0v) is 12.2. The fourth-order valence-corrected chi connectivity index (χ4v) is 3.50. The fourth-order valence-electron chi connectivity index (χ4n) is 3.50. The van der Waals surface area contributed by atoms with Gasteiger partial charge in [-0.3, -0.25) is 4.79 Å². The van der Waals surface area contributed by atoms with Crippen LogP contribution >= 0.6 is 0 Å². The minimum Gasteiger partial charge on any atom is -0.377 e. The first kappa shape index (κ1) is 14.8. The second-order valence-corrected chi connectivity index (χ2v) is 6.17. The number of hydrogen-bond donors (Lipinski definition) is 1. The molecule has 0 aromatic rings. The molecule has 1 atom stereocenters. The van der Waals surface area contributed by atoms with Crippen molar-refractivity contribution in [1.29, 1.82) is 0 Å². The predicted octanol–water partition coefficient (Wildman–Crippen LogP) is 1.92. The van der Waals surface area contributed by atoms with E-state index in [0.29, 0.717) is 32.1 Å². The Balaban J connectivity index is 1.98. The lowest BCUT2D eigenvalue weighted by Crippen LogP contribution is -2.50. The molecule has 2 aliphatic rings. The van der Waals surface area contributed by atoms with Gasteiger partial charge in [-0.25, -0.2) is 0 Å². The second-order valence-electron chi connectivity index (χ2n) is 6.17. The number of carbonyl (C=O) groups is 1. The minimum atomic E-state index is 0.0753. The van der Waals surface area contributed by atoms with Crippen LogP contribution in [0.25, 0.3) is 0 Å². The van der Waals surface area contributed by atoms with Crippen molar-refractivity contribution in [3.63, 3.8) is 0 Å². The first-order chi connectivity index (χ1) is 9.21. The number of nitrogens with two attached hydrogens (primary N) is 1. The Bertz CT molecular complexity index is 301. The molecule has 1 amide bonds. The van der Waals surface area contributed by atoms with Crippen LogP contribution in [0.2, 0.25) is 0 Å². The van der Waals surface area contributed by atoms with Crippen molar-refractivity contribution in [1.82, 2.24) is 4.90 Å². The van der Waals surface area contributed by atoms with Gasteiger partial charge in [0.2, 0.25) is 5.91 Å². The van der Waals surface area contributed by atoms with Crippen LogP contribution in [-0.4, -0.2) is 43.2 Å². The van der Waals surface area contributed by atoms with Crippen molar-refractivity contribution in [2.24, 2.45) is 11.1 Å². The summed E-state index contributed by atoms with van der Waals surface area (Å²) in [5, 5.41) is 0. The summed E-state index contributed by atoms with van der Waals surface area (Å²) in [5.41, 5.74) is 6.06. The standard InChI is InChI=1S/C15H28N2O2/c1-2-13-11-19-9-8-17(13)14(18)10-15(12-16)6-4-3-5-7-15/h13H,2-12,16H2,1H3. The fraction of sp³-hybridized carbons (Fsp3) is 0.933. The number of amides is 1. The molecule has 4 nitrogen and oxygen atoms in total. The average Bonchev–Trinajstić information content (AvgIpc) is 2.48. The third kappa shape index (κ3) is 3.48. The smallest absolute Gasteiger partial charge is 0.223 e. The van der Waals surface area contributed by atoms with Crippen LogP contribution in [0.1, 0.15) is 51.9 Å². The van der Waals surface area contributed by atoms with Gasteiger partial charge in [-0.05, 0) is 31.2 Å². The van der Waals surface area contributed by atoms with Crippen molar-refractivity contribution >= 4 is 5.91 Å². The maximum absolute atomic E-state index is 12.6. The van der Waals surface area contributed by atoms with Crippen LogP contribution in [0.4, 0.5) is 0 Å². The maximum Gasteiger partial charge on any atom is 0.223 e. The summed E-state index contributed by atoms with van der Waals surface area (Å²) >= 11 is 0. The summed E-state index contributed by atoms with van der Waals surface area (Å²) in [4.78, 5) is 14.7. The van der Waals surface area contributed by atoms with Crippen molar-refractivity contribution in [2.45, 2.75) is 57.9 Å². The van der Waals surface area contributed by atoms with Gasteiger partial charge < -0.3 is 15.4 Å². The predicted molar refractivity (Wildman–Crippen MR) is 75.8 cm³/mol. The SMILES string of the molecule is CCC1COCCN1C(=O)CC1(CN)CCCCC1. The zero-order valence-electron chi connectivity index (χ0n) is 12.2. The highest BCUT2D eigenvalue weighted by atomic mass is 16.5. The molecule has 1 saturated carbocycles. The summed E-state index contributed by atoms with van der Waals surface area (Å²) in [6.45, 7) is 4.90. The molecular formula is C15H28N2O2. The van der Waals surface area contributed by atoms with E-state index in [1.165, 1.54) is 19.3 Å². The molecule has 0 radical (unpaired) electrons. The van der Waals surface area contributed by atoms with Gasteiger partial charge in [-0.2, -0.15) is 0 Å². The van der Waals surface area contributed by atoms with Gasteiger partial charge >= 0.3 is 0 Å². The quantitative estimate of drug-likeness (QED) is 0.847. The number of ether oxygens (including phenoxy) is 1. The molecule has 0 aromatic carbocycles. The highest BCUT2D eigenvalue weighted by Crippen LogP contribution is 2.39. The molecule has 4 heteroatoms. The van der Waals surface area contributed by atoms with Gasteiger partial charge in [0.05, 0.1) is 19.3 Å². The summed E-state index contributed by atoms with van der Waals surface area (Å²) in [5.74, 6) is 0.294. The van der Waals surface area contributed by atoms with Crippen molar-refractivity contribution < 1.29 is 9.53 Å². The van der Waals surface area contributed by atoms with Crippen LogP contribution in [-0.2, 0) is 9.53 Å². The average molecular weight is 268 g/mol. The number of hydrogen-bond acceptors (Lipinski definition) is 3. The normalized spacial score (nSPS) is 27.3. The van der Waals surface area contributed by atoms with Crippen LogP contribution < -0.4 is 5.73 Å². The van der Waals surface area contributed by atoms with E-state index in [4.69, 9.17) is 10.5 Å². The zero-order chi connectivity index (χ0) is 13.7. The van der Waals surface area contributed by atoms with E-state index in [-0.39, 0.29) is 11.5 Å². The molecule has 1 unspecified atom stereocenters. The Hall–Kier alpha value is -0.610. The van der Waals surface area contributed by atoms with E-state index in [1.54, 1.807) is 0 Å². The van der Waals surface area contributed by atoms with E-state index in [0.717, 1.165) is 25.8 Å². The largest absolute Gasteiger partial charge is 0.377 e. The van der Waals surface area contributed by atoms with Crippen LogP contribution in [0, 0.1) is 5.41 Å². The molecule has 0 aromatic heterocycles. The second kappa shape index (κ2) is 6.71. The van der Waals surface area contributed by atoms with Crippen molar-refractivity contribution in [2.75, 3.05) is 26.3 Å². The minimum absolute atomic E-state index is 0.0753. The Morgan fingerprint density at radius 1 is 1.37 bits per heavy atom.